The predicted molar refractivity (Wildman–Crippen MR) is 131 cm³/mol. The van der Waals surface area contributed by atoms with Crippen LogP contribution in [0.4, 0.5) is 8.78 Å². The molecule has 1 aliphatic carbocycles. The summed E-state index contributed by atoms with van der Waals surface area (Å²) in [6.07, 6.45) is -1.34. The maximum atomic E-state index is 13.7. The van der Waals surface area contributed by atoms with Crippen molar-refractivity contribution in [3.63, 3.8) is 0 Å². The van der Waals surface area contributed by atoms with Crippen molar-refractivity contribution in [1.29, 1.82) is 0 Å². The van der Waals surface area contributed by atoms with Crippen molar-refractivity contribution >= 4 is 11.9 Å². The van der Waals surface area contributed by atoms with E-state index < -0.39 is 29.8 Å². The minimum atomic E-state index is -3.73. The number of hydrogen-bond acceptors (Lipinski definition) is 8. The van der Waals surface area contributed by atoms with Crippen LogP contribution in [0.15, 0.2) is 54.7 Å². The molecule has 0 spiro atoms. The second-order valence-corrected chi connectivity index (χ2v) is 9.65. The van der Waals surface area contributed by atoms with E-state index in [4.69, 9.17) is 14.2 Å². The summed E-state index contributed by atoms with van der Waals surface area (Å²) in [5.74, 6) is 0.229. The molecule has 2 aromatic carbocycles. The van der Waals surface area contributed by atoms with Crippen molar-refractivity contribution in [3.05, 3.63) is 77.1 Å². The number of amides is 1. The van der Waals surface area contributed by atoms with E-state index in [9.17, 15) is 18.4 Å². The average Bonchev–Trinajstić information content (AvgIpc) is 3.69. The smallest absolute Gasteiger partial charge is 0.497 e. The highest BCUT2D eigenvalue weighted by atomic mass is 19.3. The van der Waals surface area contributed by atoms with Gasteiger partial charge in [-0.25, -0.2) is 4.79 Å². The van der Waals surface area contributed by atoms with Gasteiger partial charge in [0.05, 0.1) is 36.9 Å². The quantitative estimate of drug-likeness (QED) is 0.454. The fourth-order valence-corrected chi connectivity index (χ4v) is 5.04. The SMILES string of the molecule is COC(=O)c1ccc([C@@H]2C[C@@H](NC(=O)C3(c4ccc5c(c4)OC(F)(F)O5)CC3)c3ccc(OC)cc3O2)nc1. The Morgan fingerprint density at radius 1 is 1.00 bits per heavy atom. The van der Waals surface area contributed by atoms with Crippen LogP contribution < -0.4 is 24.3 Å². The number of alkyl halides is 2. The summed E-state index contributed by atoms with van der Waals surface area (Å²) in [4.78, 5) is 29.9. The van der Waals surface area contributed by atoms with E-state index in [-0.39, 0.29) is 17.4 Å². The Balaban J connectivity index is 1.27. The summed E-state index contributed by atoms with van der Waals surface area (Å²) in [6, 6.07) is 12.7. The number of esters is 1. The molecule has 1 saturated carbocycles. The molecule has 0 radical (unpaired) electrons. The normalized spacial score (nSPS) is 21.2. The van der Waals surface area contributed by atoms with Gasteiger partial charge in [0.15, 0.2) is 11.5 Å². The van der Waals surface area contributed by atoms with Gasteiger partial charge in [-0.05, 0) is 54.8 Å². The Morgan fingerprint density at radius 2 is 1.79 bits per heavy atom. The third kappa shape index (κ3) is 4.47. The van der Waals surface area contributed by atoms with E-state index in [1.54, 1.807) is 37.4 Å². The van der Waals surface area contributed by atoms with Crippen molar-refractivity contribution < 1.29 is 42.1 Å². The summed E-state index contributed by atoms with van der Waals surface area (Å²) in [6.45, 7) is 0. The number of benzene rings is 2. The molecule has 0 unspecified atom stereocenters. The molecule has 39 heavy (non-hydrogen) atoms. The third-order valence-corrected chi connectivity index (χ3v) is 7.30. The van der Waals surface area contributed by atoms with Crippen LogP contribution in [-0.2, 0) is 14.9 Å². The van der Waals surface area contributed by atoms with Crippen LogP contribution in [0.3, 0.4) is 0 Å². The zero-order chi connectivity index (χ0) is 27.4. The molecule has 1 N–H and O–H groups in total. The lowest BCUT2D eigenvalue weighted by Gasteiger charge is -2.33. The van der Waals surface area contributed by atoms with Gasteiger partial charge in [0.2, 0.25) is 5.91 Å². The molecule has 3 heterocycles. The number of methoxy groups -OCH3 is 2. The maximum Gasteiger partial charge on any atom is 0.586 e. The van der Waals surface area contributed by atoms with Gasteiger partial charge in [0.25, 0.3) is 0 Å². The van der Waals surface area contributed by atoms with Crippen LogP contribution in [-0.4, -0.2) is 37.4 Å². The standard InChI is InChI=1S/C28H24F2N2O7/c1-35-17-5-6-18-20(13-23(37-22(18)12-17)19-7-3-15(14-31-19)25(33)36-2)32-26(34)27(9-10-27)16-4-8-21-24(11-16)39-28(29,30)38-21/h3-8,11-12,14,20,23H,9-10,13H2,1-2H3,(H,32,34)/t20-,23+/m1/s1. The molecule has 2 atom stereocenters. The van der Waals surface area contributed by atoms with Gasteiger partial charge >= 0.3 is 12.3 Å². The Kier molecular flexibility index (Phi) is 5.81. The number of halogens is 2. The number of nitrogens with one attached hydrogen (secondary N) is 1. The number of hydrogen-bond donors (Lipinski definition) is 1. The van der Waals surface area contributed by atoms with E-state index in [1.807, 2.05) is 6.07 Å². The molecule has 0 saturated heterocycles. The van der Waals surface area contributed by atoms with E-state index in [0.29, 0.717) is 47.6 Å². The van der Waals surface area contributed by atoms with E-state index >= 15 is 0 Å². The van der Waals surface area contributed by atoms with Gasteiger partial charge in [-0.3, -0.25) is 9.78 Å². The lowest BCUT2D eigenvalue weighted by molar-refractivity contribution is -0.286. The Labute approximate surface area is 222 Å². The first-order valence-corrected chi connectivity index (χ1v) is 12.3. The Bertz CT molecular complexity index is 1460. The molecule has 6 rings (SSSR count). The molecule has 2 aliphatic heterocycles. The van der Waals surface area contributed by atoms with Crippen molar-refractivity contribution in [3.8, 4) is 23.0 Å². The molecule has 1 fully saturated rings. The fraction of sp³-hybridized carbons (Fsp3) is 0.321. The lowest BCUT2D eigenvalue weighted by atomic mass is 9.91. The summed E-state index contributed by atoms with van der Waals surface area (Å²) >= 11 is 0. The number of rotatable bonds is 6. The van der Waals surface area contributed by atoms with Crippen molar-refractivity contribution in [2.24, 2.45) is 0 Å². The predicted octanol–water partition coefficient (Wildman–Crippen LogP) is 4.61. The lowest BCUT2D eigenvalue weighted by Crippen LogP contribution is -2.39. The Hall–Kier alpha value is -4.41. The molecule has 0 bridgehead atoms. The fourth-order valence-electron chi connectivity index (χ4n) is 5.04. The number of nitrogens with zero attached hydrogens (tertiary/aromatic N) is 1. The van der Waals surface area contributed by atoms with E-state index in [1.165, 1.54) is 25.4 Å². The van der Waals surface area contributed by atoms with Crippen LogP contribution in [0.2, 0.25) is 0 Å². The zero-order valence-electron chi connectivity index (χ0n) is 21.0. The highest BCUT2D eigenvalue weighted by Gasteiger charge is 2.53. The maximum absolute atomic E-state index is 13.7. The molecular formula is C28H24F2N2O7. The van der Waals surface area contributed by atoms with Crippen LogP contribution in [0.25, 0.3) is 0 Å². The minimum absolute atomic E-state index is 0.0687. The Morgan fingerprint density at radius 3 is 2.49 bits per heavy atom. The first-order chi connectivity index (χ1) is 18.7. The second-order valence-electron chi connectivity index (χ2n) is 9.65. The largest absolute Gasteiger partial charge is 0.586 e. The van der Waals surface area contributed by atoms with Gasteiger partial charge in [-0.2, -0.15) is 0 Å². The van der Waals surface area contributed by atoms with Gasteiger partial charge in [-0.15, -0.1) is 8.78 Å². The monoisotopic (exact) mass is 538 g/mol. The van der Waals surface area contributed by atoms with Crippen molar-refractivity contribution in [2.45, 2.75) is 43.1 Å². The summed E-state index contributed by atoms with van der Waals surface area (Å²) < 4.78 is 52.5. The zero-order valence-corrected chi connectivity index (χ0v) is 21.0. The van der Waals surface area contributed by atoms with Crippen LogP contribution in [0.1, 0.15) is 58.6 Å². The van der Waals surface area contributed by atoms with Gasteiger partial charge in [0.1, 0.15) is 17.6 Å². The summed E-state index contributed by atoms with van der Waals surface area (Å²) in [5, 5.41) is 3.15. The molecule has 1 amide bonds. The topological polar surface area (TPSA) is 105 Å². The highest BCUT2D eigenvalue weighted by Crippen LogP contribution is 2.52. The first-order valence-electron chi connectivity index (χ1n) is 12.3. The molecule has 9 nitrogen and oxygen atoms in total. The van der Waals surface area contributed by atoms with Crippen LogP contribution in [0, 0.1) is 0 Å². The molecule has 1 aromatic heterocycles. The molecule has 11 heteroatoms. The number of pyridine rings is 1. The van der Waals surface area contributed by atoms with Crippen molar-refractivity contribution in [1.82, 2.24) is 10.3 Å². The number of ether oxygens (including phenoxy) is 5. The van der Waals surface area contributed by atoms with Gasteiger partial charge in [0, 0.05) is 24.2 Å². The number of carbonyl (C=O) groups excluding carboxylic acids is 2. The number of aromatic nitrogens is 1. The van der Waals surface area contributed by atoms with Crippen LogP contribution in [0.5, 0.6) is 23.0 Å². The molecule has 3 aliphatic rings. The van der Waals surface area contributed by atoms with Gasteiger partial charge in [-0.1, -0.05) is 6.07 Å². The summed E-state index contributed by atoms with van der Waals surface area (Å²) in [5.41, 5.74) is 1.37. The number of carbonyl (C=O) groups is 2. The van der Waals surface area contributed by atoms with Crippen molar-refractivity contribution in [2.75, 3.05) is 14.2 Å². The van der Waals surface area contributed by atoms with E-state index in [0.717, 1.165) is 5.56 Å². The third-order valence-electron chi connectivity index (χ3n) is 7.30. The molecule has 202 valence electrons. The first kappa shape index (κ1) is 24.9. The summed E-state index contributed by atoms with van der Waals surface area (Å²) in [7, 11) is 2.84. The van der Waals surface area contributed by atoms with Gasteiger partial charge < -0.3 is 29.0 Å². The number of fused-ring (bicyclic) bond motifs is 2. The molecule has 3 aromatic rings. The van der Waals surface area contributed by atoms with E-state index in [2.05, 4.69) is 19.8 Å². The molecular weight excluding hydrogens is 514 g/mol. The van der Waals surface area contributed by atoms with Crippen LogP contribution >= 0.6 is 0 Å². The second kappa shape index (κ2) is 9.11. The average molecular weight is 539 g/mol. The minimum Gasteiger partial charge on any atom is -0.497 e. The highest BCUT2D eigenvalue weighted by molar-refractivity contribution is 5.92.